The summed E-state index contributed by atoms with van der Waals surface area (Å²) in [6, 6.07) is 0.229. The van der Waals surface area contributed by atoms with Crippen LogP contribution < -0.4 is 0 Å². The third-order valence-corrected chi connectivity index (χ3v) is 2.65. The average molecular weight is 183 g/mol. The lowest BCUT2D eigenvalue weighted by molar-refractivity contribution is 0.0293. The Morgan fingerprint density at radius 2 is 2.31 bits per heavy atom. The van der Waals surface area contributed by atoms with Crippen LogP contribution >= 0.6 is 0 Å². The summed E-state index contributed by atoms with van der Waals surface area (Å²) >= 11 is 0. The van der Waals surface area contributed by atoms with Gasteiger partial charge in [-0.15, -0.1) is 0 Å². The molecule has 0 spiro atoms. The van der Waals surface area contributed by atoms with Crippen molar-refractivity contribution >= 4 is 0 Å². The summed E-state index contributed by atoms with van der Waals surface area (Å²) in [5.74, 6) is 1.01. The molecule has 0 radical (unpaired) electrons. The SMILES string of the molecule is CC(c1nccn1C)N1CC(F)C1. The third kappa shape index (κ3) is 1.46. The highest BCUT2D eigenvalue weighted by atomic mass is 19.1. The largest absolute Gasteiger partial charge is 0.337 e. The van der Waals surface area contributed by atoms with E-state index in [9.17, 15) is 4.39 Å². The van der Waals surface area contributed by atoms with E-state index >= 15 is 0 Å². The fourth-order valence-electron chi connectivity index (χ4n) is 1.71. The number of nitrogens with zero attached hydrogens (tertiary/aromatic N) is 3. The molecule has 4 heteroatoms. The molecule has 0 N–H and O–H groups in total. The van der Waals surface area contributed by atoms with E-state index < -0.39 is 6.17 Å². The van der Waals surface area contributed by atoms with Crippen molar-refractivity contribution in [3.8, 4) is 0 Å². The fraction of sp³-hybridized carbons (Fsp3) is 0.667. The Bertz CT molecular complexity index is 291. The first-order valence-corrected chi connectivity index (χ1v) is 4.54. The van der Waals surface area contributed by atoms with Crippen molar-refractivity contribution in [1.82, 2.24) is 14.5 Å². The van der Waals surface area contributed by atoms with Gasteiger partial charge in [0.15, 0.2) is 0 Å². The molecule has 13 heavy (non-hydrogen) atoms. The number of rotatable bonds is 2. The van der Waals surface area contributed by atoms with Crippen molar-refractivity contribution in [1.29, 1.82) is 0 Å². The minimum absolute atomic E-state index is 0.229. The number of likely N-dealkylation sites (tertiary alicyclic amines) is 1. The molecule has 0 aliphatic carbocycles. The van der Waals surface area contributed by atoms with Gasteiger partial charge in [0.25, 0.3) is 0 Å². The average Bonchev–Trinajstić information content (AvgIpc) is 2.44. The molecule has 72 valence electrons. The first-order chi connectivity index (χ1) is 6.18. The lowest BCUT2D eigenvalue weighted by atomic mass is 10.1. The molecule has 1 saturated heterocycles. The van der Waals surface area contributed by atoms with E-state index in [-0.39, 0.29) is 6.04 Å². The van der Waals surface area contributed by atoms with Gasteiger partial charge in [-0.25, -0.2) is 9.37 Å². The second-order valence-corrected chi connectivity index (χ2v) is 3.62. The molecule has 0 bridgehead atoms. The van der Waals surface area contributed by atoms with Crippen molar-refractivity contribution in [2.45, 2.75) is 19.1 Å². The van der Waals surface area contributed by atoms with Gasteiger partial charge in [-0.2, -0.15) is 0 Å². The third-order valence-electron chi connectivity index (χ3n) is 2.65. The minimum atomic E-state index is -0.636. The van der Waals surface area contributed by atoms with Gasteiger partial charge in [0, 0.05) is 32.5 Å². The van der Waals surface area contributed by atoms with Crippen LogP contribution in [0.2, 0.25) is 0 Å². The van der Waals surface area contributed by atoms with Crippen molar-refractivity contribution in [2.75, 3.05) is 13.1 Å². The predicted octanol–water partition coefficient (Wildman–Crippen LogP) is 1.13. The summed E-state index contributed by atoms with van der Waals surface area (Å²) in [6.07, 6.45) is 3.06. The topological polar surface area (TPSA) is 21.1 Å². The number of aryl methyl sites for hydroxylation is 1. The molecule has 2 heterocycles. The molecule has 1 aromatic heterocycles. The summed E-state index contributed by atoms with van der Waals surface area (Å²) < 4.78 is 14.6. The number of halogens is 1. The normalized spacial score (nSPS) is 21.5. The number of hydrogen-bond acceptors (Lipinski definition) is 2. The van der Waals surface area contributed by atoms with Gasteiger partial charge in [0.1, 0.15) is 12.0 Å². The molecule has 0 saturated carbocycles. The van der Waals surface area contributed by atoms with Gasteiger partial charge < -0.3 is 4.57 Å². The van der Waals surface area contributed by atoms with E-state index in [0.29, 0.717) is 13.1 Å². The number of alkyl halides is 1. The Balaban J connectivity index is 2.05. The maximum absolute atomic E-state index is 12.6. The minimum Gasteiger partial charge on any atom is -0.337 e. The second kappa shape index (κ2) is 3.10. The molecule has 1 aliphatic rings. The Morgan fingerprint density at radius 3 is 2.77 bits per heavy atom. The highest BCUT2D eigenvalue weighted by Gasteiger charge is 2.31. The number of hydrogen-bond donors (Lipinski definition) is 0. The molecule has 1 fully saturated rings. The lowest BCUT2D eigenvalue weighted by Gasteiger charge is -2.38. The molecular formula is C9H14FN3. The van der Waals surface area contributed by atoms with Gasteiger partial charge in [-0.3, -0.25) is 4.90 Å². The van der Waals surface area contributed by atoms with Crippen LogP contribution in [0.4, 0.5) is 4.39 Å². The number of imidazole rings is 1. The fourth-order valence-corrected chi connectivity index (χ4v) is 1.71. The van der Waals surface area contributed by atoms with Crippen LogP contribution in [0.5, 0.6) is 0 Å². The van der Waals surface area contributed by atoms with Crippen LogP contribution in [-0.2, 0) is 7.05 Å². The lowest BCUT2D eigenvalue weighted by Crippen LogP contribution is -2.49. The summed E-state index contributed by atoms with van der Waals surface area (Å²) in [7, 11) is 1.96. The van der Waals surface area contributed by atoms with Crippen molar-refractivity contribution in [3.63, 3.8) is 0 Å². The van der Waals surface area contributed by atoms with E-state index in [0.717, 1.165) is 5.82 Å². The molecule has 2 rings (SSSR count). The molecule has 0 amide bonds. The Kier molecular flexibility index (Phi) is 2.07. The highest BCUT2D eigenvalue weighted by Crippen LogP contribution is 2.24. The van der Waals surface area contributed by atoms with Crippen LogP contribution in [0.25, 0.3) is 0 Å². The molecule has 1 aliphatic heterocycles. The first kappa shape index (κ1) is 8.69. The zero-order valence-electron chi connectivity index (χ0n) is 7.94. The quantitative estimate of drug-likeness (QED) is 0.685. The van der Waals surface area contributed by atoms with Crippen LogP contribution in [-0.4, -0.2) is 33.7 Å². The predicted molar refractivity (Wildman–Crippen MR) is 48.1 cm³/mol. The summed E-state index contributed by atoms with van der Waals surface area (Å²) in [5.41, 5.74) is 0. The zero-order chi connectivity index (χ0) is 9.42. The summed E-state index contributed by atoms with van der Waals surface area (Å²) in [6.45, 7) is 3.16. The molecule has 1 unspecified atom stereocenters. The van der Waals surface area contributed by atoms with Crippen LogP contribution in [0.15, 0.2) is 12.4 Å². The van der Waals surface area contributed by atoms with Crippen LogP contribution in [0.1, 0.15) is 18.8 Å². The van der Waals surface area contributed by atoms with Gasteiger partial charge >= 0.3 is 0 Å². The smallest absolute Gasteiger partial charge is 0.125 e. The Labute approximate surface area is 77.2 Å². The van der Waals surface area contributed by atoms with Crippen molar-refractivity contribution in [3.05, 3.63) is 18.2 Å². The van der Waals surface area contributed by atoms with Crippen molar-refractivity contribution in [2.24, 2.45) is 7.05 Å². The maximum Gasteiger partial charge on any atom is 0.125 e. The van der Waals surface area contributed by atoms with E-state index in [1.165, 1.54) is 0 Å². The summed E-state index contributed by atoms with van der Waals surface area (Å²) in [4.78, 5) is 6.33. The van der Waals surface area contributed by atoms with Crippen molar-refractivity contribution < 1.29 is 4.39 Å². The monoisotopic (exact) mass is 183 g/mol. The van der Waals surface area contributed by atoms with E-state index in [4.69, 9.17) is 0 Å². The van der Waals surface area contributed by atoms with Gasteiger partial charge in [-0.05, 0) is 6.92 Å². The molecule has 3 nitrogen and oxygen atoms in total. The second-order valence-electron chi connectivity index (χ2n) is 3.62. The standard InChI is InChI=1S/C9H14FN3/c1-7(13-5-8(10)6-13)9-11-3-4-12(9)2/h3-4,7-8H,5-6H2,1-2H3. The molecule has 0 aromatic carbocycles. The van der Waals surface area contributed by atoms with E-state index in [1.807, 2.05) is 17.8 Å². The van der Waals surface area contributed by atoms with Crippen LogP contribution in [0.3, 0.4) is 0 Å². The maximum atomic E-state index is 12.6. The molecule has 1 aromatic rings. The van der Waals surface area contributed by atoms with Gasteiger partial charge in [-0.1, -0.05) is 0 Å². The molecule has 1 atom stereocenters. The first-order valence-electron chi connectivity index (χ1n) is 4.54. The summed E-state index contributed by atoms with van der Waals surface area (Å²) in [5, 5.41) is 0. The van der Waals surface area contributed by atoms with Gasteiger partial charge in [0.05, 0.1) is 6.04 Å². The number of aromatic nitrogens is 2. The Hall–Kier alpha value is -0.900. The van der Waals surface area contributed by atoms with E-state index in [2.05, 4.69) is 16.8 Å². The Morgan fingerprint density at radius 1 is 1.62 bits per heavy atom. The highest BCUT2D eigenvalue weighted by molar-refractivity contribution is 5.00. The van der Waals surface area contributed by atoms with Crippen LogP contribution in [0, 0.1) is 0 Å². The van der Waals surface area contributed by atoms with E-state index in [1.54, 1.807) is 6.20 Å². The molecular weight excluding hydrogens is 169 g/mol. The zero-order valence-corrected chi connectivity index (χ0v) is 7.94. The van der Waals surface area contributed by atoms with Gasteiger partial charge in [0.2, 0.25) is 0 Å².